The third-order valence-electron chi connectivity index (χ3n) is 1.86. The van der Waals surface area contributed by atoms with Crippen LogP contribution in [0.3, 0.4) is 0 Å². The Morgan fingerprint density at radius 2 is 1.25 bits per heavy atom. The zero-order chi connectivity index (χ0) is 12.7. The van der Waals surface area contributed by atoms with E-state index in [1.807, 2.05) is 0 Å². The van der Waals surface area contributed by atoms with Gasteiger partial charge in [0.2, 0.25) is 12.1 Å². The van der Waals surface area contributed by atoms with Crippen LogP contribution in [-0.4, -0.2) is 41.4 Å². The first-order valence-electron chi connectivity index (χ1n) is 4.84. The molecule has 2 atom stereocenters. The summed E-state index contributed by atoms with van der Waals surface area (Å²) >= 11 is 0. The first-order chi connectivity index (χ1) is 7.34. The second-order valence-electron chi connectivity index (χ2n) is 3.50. The summed E-state index contributed by atoms with van der Waals surface area (Å²) in [7, 11) is 0. The maximum atomic E-state index is 10.3. The molecule has 0 rings (SSSR count). The van der Waals surface area contributed by atoms with E-state index < -0.39 is 28.2 Å². The van der Waals surface area contributed by atoms with Crippen LogP contribution in [0.25, 0.3) is 0 Å². The van der Waals surface area contributed by atoms with E-state index in [4.69, 9.17) is 9.47 Å². The standard InChI is InChI=1S/C8H16N2O6/c1-6(9(11)12)4-15-8(3)16-5-7(2)10(13)14/h6-8H,4-5H2,1-3H3. The van der Waals surface area contributed by atoms with Crippen LogP contribution in [0.5, 0.6) is 0 Å². The van der Waals surface area contributed by atoms with Gasteiger partial charge in [0, 0.05) is 23.7 Å². The average Bonchev–Trinajstić information content (AvgIpc) is 2.21. The number of hydrogen-bond donors (Lipinski definition) is 0. The molecule has 0 aliphatic carbocycles. The SMILES string of the molecule is CC(OCC(C)[N+](=O)[O-])OCC(C)[N+](=O)[O-]. The quantitative estimate of drug-likeness (QED) is 0.349. The van der Waals surface area contributed by atoms with E-state index in [9.17, 15) is 20.2 Å². The van der Waals surface area contributed by atoms with E-state index in [0.717, 1.165) is 0 Å². The fourth-order valence-corrected chi connectivity index (χ4v) is 0.719. The molecule has 0 spiro atoms. The summed E-state index contributed by atoms with van der Waals surface area (Å²) < 4.78 is 10.0. The summed E-state index contributed by atoms with van der Waals surface area (Å²) in [6.45, 7) is 4.19. The second-order valence-corrected chi connectivity index (χ2v) is 3.50. The molecule has 2 unspecified atom stereocenters. The average molecular weight is 236 g/mol. The molecule has 0 fully saturated rings. The van der Waals surface area contributed by atoms with Crippen molar-refractivity contribution in [3.05, 3.63) is 20.2 Å². The molecular formula is C8H16N2O6. The highest BCUT2D eigenvalue weighted by atomic mass is 16.7. The van der Waals surface area contributed by atoms with Crippen molar-refractivity contribution in [1.82, 2.24) is 0 Å². The van der Waals surface area contributed by atoms with E-state index in [0.29, 0.717) is 0 Å². The van der Waals surface area contributed by atoms with Gasteiger partial charge in [-0.05, 0) is 6.92 Å². The van der Waals surface area contributed by atoms with E-state index in [1.165, 1.54) is 13.8 Å². The number of ether oxygens (including phenoxy) is 2. The van der Waals surface area contributed by atoms with Gasteiger partial charge in [-0.3, -0.25) is 20.2 Å². The van der Waals surface area contributed by atoms with Gasteiger partial charge in [0.05, 0.1) is 0 Å². The predicted molar refractivity (Wildman–Crippen MR) is 54.3 cm³/mol. The summed E-state index contributed by atoms with van der Waals surface area (Å²) in [5.74, 6) is 0. The zero-order valence-electron chi connectivity index (χ0n) is 9.49. The van der Waals surface area contributed by atoms with E-state index in [-0.39, 0.29) is 13.2 Å². The Balaban J connectivity index is 3.70. The molecule has 0 bridgehead atoms. The van der Waals surface area contributed by atoms with Gasteiger partial charge in [-0.15, -0.1) is 0 Å². The van der Waals surface area contributed by atoms with Crippen molar-refractivity contribution < 1.29 is 19.3 Å². The maximum absolute atomic E-state index is 10.3. The van der Waals surface area contributed by atoms with Gasteiger partial charge >= 0.3 is 0 Å². The third kappa shape index (κ3) is 6.25. The minimum Gasteiger partial charge on any atom is -0.346 e. The smallest absolute Gasteiger partial charge is 0.233 e. The fraction of sp³-hybridized carbons (Fsp3) is 1.00. The Hall–Kier alpha value is -1.28. The van der Waals surface area contributed by atoms with Crippen molar-refractivity contribution in [3.63, 3.8) is 0 Å². The van der Waals surface area contributed by atoms with Crippen molar-refractivity contribution in [2.24, 2.45) is 0 Å². The van der Waals surface area contributed by atoms with E-state index in [2.05, 4.69) is 0 Å². The number of rotatable bonds is 8. The van der Waals surface area contributed by atoms with Gasteiger partial charge in [0.1, 0.15) is 13.2 Å². The van der Waals surface area contributed by atoms with Crippen molar-refractivity contribution in [2.45, 2.75) is 39.1 Å². The fourth-order valence-electron chi connectivity index (χ4n) is 0.719. The summed E-state index contributed by atoms with van der Waals surface area (Å²) in [6, 6.07) is -1.64. The lowest BCUT2D eigenvalue weighted by Gasteiger charge is -2.14. The van der Waals surface area contributed by atoms with Crippen LogP contribution >= 0.6 is 0 Å². The normalized spacial score (nSPS) is 16.4. The zero-order valence-corrected chi connectivity index (χ0v) is 9.49. The third-order valence-corrected chi connectivity index (χ3v) is 1.86. The highest BCUT2D eigenvalue weighted by Crippen LogP contribution is 1.99. The molecule has 16 heavy (non-hydrogen) atoms. The summed E-state index contributed by atoms with van der Waals surface area (Å²) in [5, 5.41) is 20.5. The Morgan fingerprint density at radius 3 is 1.50 bits per heavy atom. The Bertz CT molecular complexity index is 223. The molecule has 0 saturated carbocycles. The molecule has 0 aromatic carbocycles. The number of hydrogen-bond acceptors (Lipinski definition) is 6. The summed E-state index contributed by atoms with van der Waals surface area (Å²) in [5.41, 5.74) is 0. The molecule has 0 radical (unpaired) electrons. The van der Waals surface area contributed by atoms with Crippen LogP contribution in [0.1, 0.15) is 20.8 Å². The van der Waals surface area contributed by atoms with Crippen LogP contribution in [0.2, 0.25) is 0 Å². The molecule has 0 aromatic rings. The van der Waals surface area contributed by atoms with Crippen molar-refractivity contribution in [1.29, 1.82) is 0 Å². The highest BCUT2D eigenvalue weighted by molar-refractivity contribution is 4.48. The van der Waals surface area contributed by atoms with Crippen molar-refractivity contribution >= 4 is 0 Å². The van der Waals surface area contributed by atoms with Crippen LogP contribution in [0.4, 0.5) is 0 Å². The molecule has 0 aromatic heterocycles. The second kappa shape index (κ2) is 7.07. The Labute approximate surface area is 92.8 Å². The largest absolute Gasteiger partial charge is 0.346 e. The lowest BCUT2D eigenvalue weighted by Crippen LogP contribution is -2.29. The van der Waals surface area contributed by atoms with Crippen LogP contribution in [0.15, 0.2) is 0 Å². The molecule has 8 nitrogen and oxygen atoms in total. The monoisotopic (exact) mass is 236 g/mol. The predicted octanol–water partition coefficient (Wildman–Crippen LogP) is 0.696. The van der Waals surface area contributed by atoms with Gasteiger partial charge in [0.15, 0.2) is 6.29 Å². The molecule has 94 valence electrons. The minimum atomic E-state index is -0.820. The van der Waals surface area contributed by atoms with Gasteiger partial charge in [0.25, 0.3) is 0 Å². The lowest BCUT2D eigenvalue weighted by molar-refractivity contribution is -0.528. The highest BCUT2D eigenvalue weighted by Gasteiger charge is 2.18. The van der Waals surface area contributed by atoms with Crippen molar-refractivity contribution in [3.8, 4) is 0 Å². The van der Waals surface area contributed by atoms with Crippen molar-refractivity contribution in [2.75, 3.05) is 13.2 Å². The van der Waals surface area contributed by atoms with E-state index in [1.54, 1.807) is 6.92 Å². The first-order valence-corrected chi connectivity index (χ1v) is 4.84. The van der Waals surface area contributed by atoms with Gasteiger partial charge in [-0.2, -0.15) is 0 Å². The van der Waals surface area contributed by atoms with Crippen LogP contribution in [-0.2, 0) is 9.47 Å². The van der Waals surface area contributed by atoms with Crippen LogP contribution in [0, 0.1) is 20.2 Å². The van der Waals surface area contributed by atoms with Gasteiger partial charge < -0.3 is 9.47 Å². The molecule has 0 N–H and O–H groups in total. The molecule has 8 heteroatoms. The Morgan fingerprint density at radius 1 is 0.938 bits per heavy atom. The topological polar surface area (TPSA) is 105 Å². The van der Waals surface area contributed by atoms with Crippen LogP contribution < -0.4 is 0 Å². The molecule has 0 saturated heterocycles. The molecule has 0 aliphatic heterocycles. The van der Waals surface area contributed by atoms with E-state index >= 15 is 0 Å². The molecule has 0 heterocycles. The maximum Gasteiger partial charge on any atom is 0.233 e. The summed E-state index contributed by atoms with van der Waals surface area (Å²) in [4.78, 5) is 19.6. The van der Waals surface area contributed by atoms with Gasteiger partial charge in [-0.1, -0.05) is 0 Å². The first kappa shape index (κ1) is 14.7. The molecular weight excluding hydrogens is 220 g/mol. The molecule has 0 aliphatic rings. The molecule has 0 amide bonds. The van der Waals surface area contributed by atoms with Gasteiger partial charge in [-0.25, -0.2) is 0 Å². The Kier molecular flexibility index (Phi) is 6.50. The number of nitro groups is 2. The summed E-state index contributed by atoms with van der Waals surface area (Å²) in [6.07, 6.45) is -0.690. The number of nitrogens with zero attached hydrogens (tertiary/aromatic N) is 2. The lowest BCUT2D eigenvalue weighted by atomic mass is 10.4. The minimum absolute atomic E-state index is 0.0823.